The van der Waals surface area contributed by atoms with Crippen LogP contribution in [0.15, 0.2) is 0 Å². The Kier molecular flexibility index (Phi) is 3.66. The number of aliphatic hydroxyl groups is 1. The van der Waals surface area contributed by atoms with Crippen molar-refractivity contribution in [3.05, 3.63) is 0 Å². The molecule has 0 spiro atoms. The lowest BCUT2D eigenvalue weighted by Gasteiger charge is -2.38. The van der Waals surface area contributed by atoms with Crippen molar-refractivity contribution in [3.63, 3.8) is 0 Å². The molecule has 22 heavy (non-hydrogen) atoms. The minimum absolute atomic E-state index is 0.0161. The highest BCUT2D eigenvalue weighted by Gasteiger charge is 2.78. The van der Waals surface area contributed by atoms with Crippen LogP contribution in [0, 0.1) is 22.7 Å². The molecule has 2 aliphatic carbocycles. The van der Waals surface area contributed by atoms with Gasteiger partial charge in [-0.3, -0.25) is 9.59 Å². The zero-order chi connectivity index (χ0) is 16.0. The van der Waals surface area contributed by atoms with Crippen molar-refractivity contribution in [2.45, 2.75) is 44.3 Å². The van der Waals surface area contributed by atoms with Gasteiger partial charge in [-0.15, -0.1) is 0 Å². The van der Waals surface area contributed by atoms with E-state index in [9.17, 15) is 14.7 Å². The molecular formula is C16H21NO5. The third kappa shape index (κ3) is 2.20. The summed E-state index contributed by atoms with van der Waals surface area (Å²) in [7, 11) is 1.49. The summed E-state index contributed by atoms with van der Waals surface area (Å²) in [6.45, 7) is 0.668. The fourth-order valence-corrected chi connectivity index (χ4v) is 4.09. The summed E-state index contributed by atoms with van der Waals surface area (Å²) < 4.78 is 5.14. The zero-order valence-corrected chi connectivity index (χ0v) is 12.7. The summed E-state index contributed by atoms with van der Waals surface area (Å²) in [5.74, 6) is 4.92. The molecule has 2 N–H and O–H groups in total. The fraction of sp³-hybridized carbons (Fsp3) is 0.750. The van der Waals surface area contributed by atoms with Gasteiger partial charge in [0.05, 0.1) is 18.4 Å². The van der Waals surface area contributed by atoms with E-state index in [1.54, 1.807) is 4.90 Å². The molecule has 0 aromatic heterocycles. The lowest BCUT2D eigenvalue weighted by molar-refractivity contribution is -0.147. The number of β-amino-alcohol motifs (C(OH)–C–C–N with tert-alkyl or cyclic N) is 1. The molecule has 0 aromatic rings. The number of rotatable bonds is 4. The second-order valence-electron chi connectivity index (χ2n) is 6.66. The van der Waals surface area contributed by atoms with Gasteiger partial charge >= 0.3 is 5.97 Å². The molecular weight excluding hydrogens is 286 g/mol. The Morgan fingerprint density at radius 3 is 2.77 bits per heavy atom. The number of carbonyl (C=O) groups excluding carboxylic acids is 1. The van der Waals surface area contributed by atoms with Crippen molar-refractivity contribution in [1.82, 2.24) is 4.90 Å². The second kappa shape index (κ2) is 5.25. The van der Waals surface area contributed by atoms with E-state index in [2.05, 4.69) is 11.8 Å². The molecule has 4 atom stereocenters. The van der Waals surface area contributed by atoms with Gasteiger partial charge in [-0.25, -0.2) is 0 Å². The van der Waals surface area contributed by atoms with Crippen molar-refractivity contribution >= 4 is 11.9 Å². The highest BCUT2D eigenvalue weighted by atomic mass is 16.5. The van der Waals surface area contributed by atoms with Gasteiger partial charge in [0.25, 0.3) is 0 Å². The summed E-state index contributed by atoms with van der Waals surface area (Å²) in [5.41, 5.74) is -0.837. The number of carboxylic acid groups (broad SMARTS) is 1. The maximum atomic E-state index is 12.9. The van der Waals surface area contributed by atoms with E-state index in [1.165, 1.54) is 7.11 Å². The molecule has 1 aliphatic heterocycles. The van der Waals surface area contributed by atoms with Gasteiger partial charge in [0.1, 0.15) is 12.2 Å². The monoisotopic (exact) mass is 307 g/mol. The predicted octanol–water partition coefficient (Wildman–Crippen LogP) is 0.243. The number of carboxylic acids is 1. The molecule has 1 amide bonds. The van der Waals surface area contributed by atoms with Crippen LogP contribution in [-0.2, 0) is 14.3 Å². The van der Waals surface area contributed by atoms with E-state index in [0.717, 1.165) is 12.8 Å². The normalized spacial score (nSPS) is 39.5. The maximum absolute atomic E-state index is 12.9. The van der Waals surface area contributed by atoms with E-state index in [4.69, 9.17) is 9.84 Å². The quantitative estimate of drug-likeness (QED) is 0.727. The summed E-state index contributed by atoms with van der Waals surface area (Å²) in [6, 6.07) is 0. The van der Waals surface area contributed by atoms with Crippen LogP contribution in [0.3, 0.4) is 0 Å². The largest absolute Gasteiger partial charge is 0.481 e. The standard InChI is InChI=1S/C16H21NO5/c1-22-12-4-2-3-7-17(9-11(12)18)14(21)16-6-5-15(16,10-16)8-13(19)20/h11-12,18H,3,5-10H2,1H3,(H,19,20)/t11-,12-,15?,16?/m0/s1. The highest BCUT2D eigenvalue weighted by molar-refractivity contribution is 5.90. The first kappa shape index (κ1) is 15.3. The van der Waals surface area contributed by atoms with Crippen LogP contribution in [0.5, 0.6) is 0 Å². The molecule has 3 rings (SSSR count). The number of hydrogen-bond acceptors (Lipinski definition) is 4. The fourth-order valence-electron chi connectivity index (χ4n) is 4.09. The van der Waals surface area contributed by atoms with Gasteiger partial charge in [0.15, 0.2) is 0 Å². The molecule has 2 unspecified atom stereocenters. The Morgan fingerprint density at radius 1 is 1.41 bits per heavy atom. The van der Waals surface area contributed by atoms with E-state index in [-0.39, 0.29) is 24.3 Å². The number of nitrogens with zero attached hydrogens (tertiary/aromatic N) is 1. The van der Waals surface area contributed by atoms with Crippen LogP contribution >= 0.6 is 0 Å². The van der Waals surface area contributed by atoms with Gasteiger partial charge in [0.2, 0.25) is 5.91 Å². The topological polar surface area (TPSA) is 87.1 Å². The number of hydrogen-bond donors (Lipinski definition) is 2. The van der Waals surface area contributed by atoms with Gasteiger partial charge < -0.3 is 19.8 Å². The van der Waals surface area contributed by atoms with E-state index < -0.39 is 23.6 Å². The van der Waals surface area contributed by atoms with Gasteiger partial charge in [-0.05, 0) is 24.7 Å². The average molecular weight is 307 g/mol. The lowest BCUT2D eigenvalue weighted by atomic mass is 9.71. The average Bonchev–Trinajstić information content (AvgIpc) is 2.90. The Balaban J connectivity index is 1.71. The van der Waals surface area contributed by atoms with E-state index in [0.29, 0.717) is 19.4 Å². The van der Waals surface area contributed by atoms with E-state index >= 15 is 0 Å². The zero-order valence-electron chi connectivity index (χ0n) is 12.7. The summed E-state index contributed by atoms with van der Waals surface area (Å²) in [6.07, 6.45) is 1.41. The molecule has 2 saturated carbocycles. The minimum atomic E-state index is -0.842. The number of methoxy groups -OCH3 is 1. The molecule has 1 heterocycles. The lowest BCUT2D eigenvalue weighted by Crippen LogP contribution is -2.49. The summed E-state index contributed by atoms with van der Waals surface area (Å²) >= 11 is 0. The number of aliphatic carboxylic acids is 1. The molecule has 3 aliphatic rings. The van der Waals surface area contributed by atoms with Crippen LogP contribution in [-0.4, -0.2) is 59.4 Å². The smallest absolute Gasteiger partial charge is 0.303 e. The molecule has 0 radical (unpaired) electrons. The molecule has 0 bridgehead atoms. The van der Waals surface area contributed by atoms with Gasteiger partial charge in [-0.2, -0.15) is 0 Å². The Morgan fingerprint density at radius 2 is 2.18 bits per heavy atom. The molecule has 0 aromatic carbocycles. The van der Waals surface area contributed by atoms with Crippen molar-refractivity contribution in [2.75, 3.05) is 20.2 Å². The second-order valence-corrected chi connectivity index (χ2v) is 6.66. The van der Waals surface area contributed by atoms with Crippen LogP contribution in [0.1, 0.15) is 32.1 Å². The van der Waals surface area contributed by atoms with Crippen molar-refractivity contribution in [3.8, 4) is 11.8 Å². The molecule has 6 heteroatoms. The minimum Gasteiger partial charge on any atom is -0.481 e. The van der Waals surface area contributed by atoms with Crippen molar-refractivity contribution in [2.24, 2.45) is 10.8 Å². The number of fused-ring (bicyclic) bond motifs is 1. The molecule has 0 saturated heterocycles. The number of aliphatic hydroxyl groups excluding tert-OH is 1. The summed E-state index contributed by atoms with van der Waals surface area (Å²) in [5, 5.41) is 19.2. The number of ether oxygens (including phenoxy) is 1. The SMILES string of the molecule is CO[C@H]1C#CCCN(C(=O)C23CCC2(CC(=O)O)C3)C[C@@H]1O. The predicted molar refractivity (Wildman–Crippen MR) is 76.7 cm³/mol. The first-order valence-electron chi connectivity index (χ1n) is 7.65. The van der Waals surface area contributed by atoms with Crippen LogP contribution < -0.4 is 0 Å². The number of carbonyl (C=O) groups is 2. The maximum Gasteiger partial charge on any atom is 0.303 e. The van der Waals surface area contributed by atoms with Crippen LogP contribution in [0.2, 0.25) is 0 Å². The molecule has 2 fully saturated rings. The third-order valence-corrected chi connectivity index (χ3v) is 5.51. The van der Waals surface area contributed by atoms with E-state index in [1.807, 2.05) is 0 Å². The molecule has 120 valence electrons. The van der Waals surface area contributed by atoms with Gasteiger partial charge in [0, 0.05) is 20.1 Å². The number of amides is 1. The first-order valence-corrected chi connectivity index (χ1v) is 7.65. The Labute approximate surface area is 129 Å². The van der Waals surface area contributed by atoms with Crippen LogP contribution in [0.25, 0.3) is 0 Å². The Hall–Kier alpha value is -1.58. The van der Waals surface area contributed by atoms with Gasteiger partial charge in [-0.1, -0.05) is 11.8 Å². The Bertz CT molecular complexity index is 565. The van der Waals surface area contributed by atoms with Crippen LogP contribution in [0.4, 0.5) is 0 Å². The van der Waals surface area contributed by atoms with Crippen molar-refractivity contribution < 1.29 is 24.5 Å². The first-order chi connectivity index (χ1) is 10.4. The highest BCUT2D eigenvalue weighted by Crippen LogP contribution is 2.79. The third-order valence-electron chi connectivity index (χ3n) is 5.51. The van der Waals surface area contributed by atoms with Crippen molar-refractivity contribution in [1.29, 1.82) is 0 Å². The molecule has 6 nitrogen and oxygen atoms in total. The summed E-state index contributed by atoms with van der Waals surface area (Å²) in [4.78, 5) is 25.5.